The number of halogens is 3. The lowest BCUT2D eigenvalue weighted by Gasteiger charge is -2.23. The number of rotatable bonds is 6. The first-order valence-electron chi connectivity index (χ1n) is 10.2. The number of fused-ring (bicyclic) bond motifs is 1. The molecular weight excluding hydrogens is 484 g/mol. The molecule has 3 heterocycles. The molecule has 1 unspecified atom stereocenters. The van der Waals surface area contributed by atoms with Crippen LogP contribution in [0.15, 0.2) is 35.3 Å². The highest BCUT2D eigenvalue weighted by Gasteiger charge is 2.24. The quantitative estimate of drug-likeness (QED) is 0.306. The molecule has 3 aromatic heterocycles. The van der Waals surface area contributed by atoms with E-state index < -0.39 is 17.4 Å². The predicted octanol–water partition coefficient (Wildman–Crippen LogP) is 3.72. The number of aromatic nitrogens is 5. The zero-order valence-electron chi connectivity index (χ0n) is 17.9. The fourth-order valence-electron chi connectivity index (χ4n) is 3.54. The lowest BCUT2D eigenvalue weighted by Crippen LogP contribution is -2.29. The minimum Gasteiger partial charge on any atom is -0.384 e. The summed E-state index contributed by atoms with van der Waals surface area (Å²) in [6, 6.07) is 5.10. The van der Waals surface area contributed by atoms with E-state index in [2.05, 4.69) is 25.3 Å². The third-order valence-corrected chi connectivity index (χ3v) is 5.82. The lowest BCUT2D eigenvalue weighted by atomic mass is 10.1. The minimum absolute atomic E-state index is 0.000711. The van der Waals surface area contributed by atoms with Crippen molar-refractivity contribution in [2.24, 2.45) is 0 Å². The summed E-state index contributed by atoms with van der Waals surface area (Å²) in [6.45, 7) is 1.96. The second-order valence-corrected chi connectivity index (χ2v) is 8.18. The molecule has 0 aliphatic rings. The Bertz CT molecular complexity index is 1440. The van der Waals surface area contributed by atoms with Gasteiger partial charge in [-0.05, 0) is 30.7 Å². The van der Waals surface area contributed by atoms with E-state index in [4.69, 9.17) is 40.4 Å². The number of nitrogens with zero attached hydrogens (tertiary/aromatic N) is 5. The van der Waals surface area contributed by atoms with Crippen LogP contribution in [0.2, 0.25) is 10.0 Å². The van der Waals surface area contributed by atoms with E-state index in [9.17, 15) is 9.18 Å². The number of hydrogen-bond donors (Lipinski definition) is 4. The topological polar surface area (TPSA) is 164 Å². The summed E-state index contributed by atoms with van der Waals surface area (Å²) >= 11 is 12.4. The van der Waals surface area contributed by atoms with Crippen LogP contribution in [0.1, 0.15) is 31.6 Å². The molecule has 4 aromatic rings. The molecule has 1 aromatic carbocycles. The van der Waals surface area contributed by atoms with E-state index >= 15 is 0 Å². The zero-order chi connectivity index (χ0) is 24.6. The normalized spacial score (nSPS) is 12.1. The van der Waals surface area contributed by atoms with E-state index in [0.29, 0.717) is 24.4 Å². The molecule has 4 rings (SSSR count). The van der Waals surface area contributed by atoms with Gasteiger partial charge in [0.1, 0.15) is 28.3 Å². The number of nitrogen functional groups attached to an aromatic ring is 3. The van der Waals surface area contributed by atoms with Crippen molar-refractivity contribution in [1.29, 1.82) is 0 Å². The van der Waals surface area contributed by atoms with Gasteiger partial charge in [-0.15, -0.1) is 0 Å². The van der Waals surface area contributed by atoms with Gasteiger partial charge >= 0.3 is 0 Å². The van der Waals surface area contributed by atoms with Crippen molar-refractivity contribution in [3.05, 3.63) is 62.5 Å². The molecule has 34 heavy (non-hydrogen) atoms. The predicted molar refractivity (Wildman–Crippen MR) is 132 cm³/mol. The van der Waals surface area contributed by atoms with E-state index in [-0.39, 0.29) is 44.4 Å². The summed E-state index contributed by atoms with van der Waals surface area (Å²) in [5, 5.41) is 2.86. The van der Waals surface area contributed by atoms with Crippen molar-refractivity contribution in [2.45, 2.75) is 25.8 Å². The summed E-state index contributed by atoms with van der Waals surface area (Å²) in [5.74, 6) is -0.0730. The molecule has 0 spiro atoms. The highest BCUT2D eigenvalue weighted by Crippen LogP contribution is 2.32. The largest absolute Gasteiger partial charge is 0.384 e. The highest BCUT2D eigenvalue weighted by molar-refractivity contribution is 6.35. The minimum atomic E-state index is -0.732. The molecule has 0 saturated carbocycles. The number of pyridine rings is 1. The molecule has 10 nitrogen and oxygen atoms in total. The number of nitrogens with one attached hydrogen (secondary N) is 1. The molecular formula is C21H20Cl2FN9O. The average Bonchev–Trinajstić information content (AvgIpc) is 2.79. The van der Waals surface area contributed by atoms with Crippen molar-refractivity contribution in [1.82, 2.24) is 24.5 Å². The summed E-state index contributed by atoms with van der Waals surface area (Å²) in [6.07, 6.45) is 2.62. The van der Waals surface area contributed by atoms with Gasteiger partial charge in [0.15, 0.2) is 5.82 Å². The summed E-state index contributed by atoms with van der Waals surface area (Å²) in [5.41, 5.74) is 17.3. The zero-order valence-corrected chi connectivity index (χ0v) is 19.4. The van der Waals surface area contributed by atoms with Crippen LogP contribution in [-0.4, -0.2) is 24.5 Å². The van der Waals surface area contributed by atoms with Gasteiger partial charge in [0.05, 0.1) is 33.9 Å². The maximum Gasteiger partial charge on any atom is 0.267 e. The van der Waals surface area contributed by atoms with Crippen molar-refractivity contribution in [3.8, 4) is 5.69 Å². The standard InChI is InChI=1S/C21H20Cl2FN9O/c1-2-3-12(29-18-16(23)17(26)31-21(27)32-18)19-30-11-6-5-10(24)15(22)14(11)20(34)33(19)9-4-7-13(25)28-8-9/h4-8,12H,2-3H2,1H3,(H2,25,28)(H5,26,27,29,31,32). The molecule has 13 heteroatoms. The molecule has 176 valence electrons. The van der Waals surface area contributed by atoms with E-state index in [1.54, 1.807) is 6.07 Å². The smallest absolute Gasteiger partial charge is 0.267 e. The first-order valence-corrected chi connectivity index (χ1v) is 10.9. The van der Waals surface area contributed by atoms with Crippen molar-refractivity contribution in [3.63, 3.8) is 0 Å². The van der Waals surface area contributed by atoms with Gasteiger partial charge in [0, 0.05) is 0 Å². The molecule has 0 radical (unpaired) electrons. The third kappa shape index (κ3) is 4.27. The number of anilines is 4. The van der Waals surface area contributed by atoms with Gasteiger partial charge in [0.2, 0.25) is 5.95 Å². The fourth-order valence-corrected chi connectivity index (χ4v) is 3.92. The van der Waals surface area contributed by atoms with Crippen molar-refractivity contribution in [2.75, 3.05) is 22.5 Å². The van der Waals surface area contributed by atoms with Crippen molar-refractivity contribution < 1.29 is 4.39 Å². The van der Waals surface area contributed by atoms with Crippen LogP contribution in [0, 0.1) is 5.82 Å². The van der Waals surface area contributed by atoms with Gasteiger partial charge in [-0.25, -0.2) is 14.4 Å². The molecule has 0 aliphatic heterocycles. The van der Waals surface area contributed by atoms with Crippen LogP contribution in [0.5, 0.6) is 0 Å². The first kappa shape index (κ1) is 23.5. The Morgan fingerprint density at radius 2 is 1.85 bits per heavy atom. The van der Waals surface area contributed by atoms with E-state index in [1.165, 1.54) is 22.9 Å². The van der Waals surface area contributed by atoms with Crippen molar-refractivity contribution >= 4 is 57.5 Å². The number of hydrogen-bond acceptors (Lipinski definition) is 9. The SMILES string of the molecule is CCCC(Nc1nc(N)nc(N)c1Cl)c1nc2ccc(F)c(Cl)c2c(=O)n1-c1ccc(N)nc1. The Hall–Kier alpha value is -3.70. The summed E-state index contributed by atoms with van der Waals surface area (Å²) in [4.78, 5) is 30.3. The van der Waals surface area contributed by atoms with Crippen LogP contribution in [-0.2, 0) is 0 Å². The highest BCUT2D eigenvalue weighted by atomic mass is 35.5. The average molecular weight is 504 g/mol. The monoisotopic (exact) mass is 503 g/mol. The van der Waals surface area contributed by atoms with Crippen LogP contribution in [0.4, 0.5) is 27.8 Å². The van der Waals surface area contributed by atoms with Crippen LogP contribution in [0.3, 0.4) is 0 Å². The Balaban J connectivity index is 2.00. The number of benzene rings is 1. The van der Waals surface area contributed by atoms with Crippen LogP contribution in [0.25, 0.3) is 16.6 Å². The second-order valence-electron chi connectivity index (χ2n) is 7.42. The summed E-state index contributed by atoms with van der Waals surface area (Å²) in [7, 11) is 0. The molecule has 7 N–H and O–H groups in total. The molecule has 0 saturated heterocycles. The van der Waals surface area contributed by atoms with Gasteiger partial charge in [-0.2, -0.15) is 9.97 Å². The lowest BCUT2D eigenvalue weighted by molar-refractivity contribution is 0.613. The molecule has 0 aliphatic carbocycles. The van der Waals surface area contributed by atoms with E-state index in [0.717, 1.165) is 6.07 Å². The Morgan fingerprint density at radius 3 is 2.53 bits per heavy atom. The third-order valence-electron chi connectivity index (χ3n) is 5.08. The number of nitrogens with two attached hydrogens (primary N) is 3. The maximum atomic E-state index is 14.2. The molecule has 0 fully saturated rings. The van der Waals surface area contributed by atoms with Gasteiger partial charge in [0.25, 0.3) is 5.56 Å². The first-order chi connectivity index (χ1) is 16.2. The maximum absolute atomic E-state index is 14.2. The Labute approximate surface area is 202 Å². The van der Waals surface area contributed by atoms with E-state index in [1.807, 2.05) is 6.92 Å². The van der Waals surface area contributed by atoms with Crippen LogP contribution >= 0.6 is 23.2 Å². The second kappa shape index (κ2) is 9.27. The fraction of sp³-hybridized carbons (Fsp3) is 0.190. The van der Waals surface area contributed by atoms with Gasteiger partial charge in [-0.3, -0.25) is 9.36 Å². The Kier molecular flexibility index (Phi) is 6.40. The summed E-state index contributed by atoms with van der Waals surface area (Å²) < 4.78 is 15.5. The molecule has 0 bridgehead atoms. The van der Waals surface area contributed by atoms with Gasteiger partial charge in [-0.1, -0.05) is 36.5 Å². The molecule has 0 amide bonds. The van der Waals surface area contributed by atoms with Crippen LogP contribution < -0.4 is 28.1 Å². The Morgan fingerprint density at radius 1 is 1.09 bits per heavy atom. The molecule has 1 atom stereocenters. The van der Waals surface area contributed by atoms with Gasteiger partial charge < -0.3 is 22.5 Å².